The standard InChI is InChI=1S/C20H22N4OS/c1-20(2)11-14-17(16(25)12-20)15(10-9-13-7-5-4-6-8-13)24-18(21-14)22-19(23-24)26-3/h4-11,15,17H,12H2,1-3H3,(H,21,22,23)/b10-9+/t15-,17+/m0/s1. The summed E-state index contributed by atoms with van der Waals surface area (Å²) in [5.41, 5.74) is 1.90. The monoisotopic (exact) mass is 366 g/mol. The first-order chi connectivity index (χ1) is 12.5. The van der Waals surface area contributed by atoms with Gasteiger partial charge in [0.15, 0.2) is 0 Å². The summed E-state index contributed by atoms with van der Waals surface area (Å²) < 4.78 is 1.85. The highest BCUT2D eigenvalue weighted by Crippen LogP contribution is 2.43. The second-order valence-electron chi connectivity index (χ2n) is 7.46. The van der Waals surface area contributed by atoms with Crippen LogP contribution in [0.5, 0.6) is 0 Å². The predicted octanol–water partition coefficient (Wildman–Crippen LogP) is 4.18. The number of benzene rings is 1. The van der Waals surface area contributed by atoms with Crippen molar-refractivity contribution >= 4 is 29.6 Å². The summed E-state index contributed by atoms with van der Waals surface area (Å²) in [6, 6.07) is 9.94. The number of fused-ring (bicyclic) bond motifs is 2. The van der Waals surface area contributed by atoms with Crippen LogP contribution in [0.4, 0.5) is 5.95 Å². The Morgan fingerprint density at radius 1 is 1.31 bits per heavy atom. The molecule has 4 rings (SSSR count). The number of anilines is 1. The van der Waals surface area contributed by atoms with E-state index in [1.165, 1.54) is 11.8 Å². The van der Waals surface area contributed by atoms with Crippen molar-refractivity contribution in [2.45, 2.75) is 31.5 Å². The molecular weight excluding hydrogens is 344 g/mol. The molecule has 2 atom stereocenters. The van der Waals surface area contributed by atoms with Crippen LogP contribution in [-0.2, 0) is 4.79 Å². The Bertz CT molecular complexity index is 898. The molecular formula is C20H22N4OS. The van der Waals surface area contributed by atoms with E-state index in [9.17, 15) is 4.79 Å². The lowest BCUT2D eigenvalue weighted by molar-refractivity contribution is -0.124. The Labute approximate surface area is 157 Å². The third-order valence-corrected chi connectivity index (χ3v) is 5.36. The summed E-state index contributed by atoms with van der Waals surface area (Å²) >= 11 is 1.50. The highest BCUT2D eigenvalue weighted by atomic mass is 32.2. The Hall–Kier alpha value is -2.34. The highest BCUT2D eigenvalue weighted by molar-refractivity contribution is 7.98. The minimum atomic E-state index is -0.244. The summed E-state index contributed by atoms with van der Waals surface area (Å²) in [5, 5.41) is 8.66. The zero-order chi connectivity index (χ0) is 18.3. The van der Waals surface area contributed by atoms with Crippen LogP contribution in [0.2, 0.25) is 0 Å². The van der Waals surface area contributed by atoms with E-state index in [1.807, 2.05) is 29.1 Å². The zero-order valence-corrected chi connectivity index (χ0v) is 16.0. The predicted molar refractivity (Wildman–Crippen MR) is 105 cm³/mol. The minimum absolute atomic E-state index is 0.145. The van der Waals surface area contributed by atoms with Crippen LogP contribution < -0.4 is 5.32 Å². The summed E-state index contributed by atoms with van der Waals surface area (Å²) in [4.78, 5) is 17.5. The molecule has 1 N–H and O–H groups in total. The third-order valence-electron chi connectivity index (χ3n) is 4.82. The van der Waals surface area contributed by atoms with E-state index in [2.05, 4.69) is 59.6 Å². The molecule has 0 saturated heterocycles. The fourth-order valence-corrected chi connectivity index (χ4v) is 4.05. The number of thioether (sulfide) groups is 1. The first-order valence-electron chi connectivity index (χ1n) is 8.73. The number of nitrogens with zero attached hydrogens (tertiary/aromatic N) is 3. The van der Waals surface area contributed by atoms with Crippen LogP contribution in [-0.4, -0.2) is 26.8 Å². The summed E-state index contributed by atoms with van der Waals surface area (Å²) in [6.07, 6.45) is 8.81. The maximum atomic E-state index is 13.0. The molecule has 2 aromatic rings. The molecule has 1 aliphatic heterocycles. The van der Waals surface area contributed by atoms with Gasteiger partial charge in [0.2, 0.25) is 11.1 Å². The fourth-order valence-electron chi connectivity index (χ4n) is 3.70. The molecule has 0 bridgehead atoms. The van der Waals surface area contributed by atoms with Crippen molar-refractivity contribution in [2.24, 2.45) is 11.3 Å². The number of hydrogen-bond acceptors (Lipinski definition) is 5. The molecule has 5 nitrogen and oxygen atoms in total. The van der Waals surface area contributed by atoms with E-state index in [-0.39, 0.29) is 23.2 Å². The van der Waals surface area contributed by atoms with E-state index in [1.54, 1.807) is 0 Å². The van der Waals surface area contributed by atoms with Crippen molar-refractivity contribution in [3.8, 4) is 0 Å². The smallest absolute Gasteiger partial charge is 0.227 e. The molecule has 1 aliphatic carbocycles. The maximum Gasteiger partial charge on any atom is 0.227 e. The van der Waals surface area contributed by atoms with Gasteiger partial charge in [0.25, 0.3) is 0 Å². The minimum Gasteiger partial charge on any atom is -0.328 e. The van der Waals surface area contributed by atoms with Crippen molar-refractivity contribution in [1.29, 1.82) is 0 Å². The second kappa shape index (κ2) is 6.43. The van der Waals surface area contributed by atoms with Gasteiger partial charge in [-0.3, -0.25) is 4.79 Å². The zero-order valence-electron chi connectivity index (χ0n) is 15.1. The number of allylic oxidation sites excluding steroid dienone is 3. The van der Waals surface area contributed by atoms with Gasteiger partial charge in [0.05, 0.1) is 12.0 Å². The molecule has 1 aromatic heterocycles. The van der Waals surface area contributed by atoms with Crippen LogP contribution >= 0.6 is 11.8 Å². The van der Waals surface area contributed by atoms with Gasteiger partial charge in [-0.15, -0.1) is 5.10 Å². The lowest BCUT2D eigenvalue weighted by Gasteiger charge is -2.38. The quantitative estimate of drug-likeness (QED) is 0.826. The highest BCUT2D eigenvalue weighted by Gasteiger charge is 2.43. The number of Topliss-reactive ketones (excluding diaryl/α,β-unsaturated/α-hetero) is 1. The number of hydrogen-bond donors (Lipinski definition) is 1. The summed E-state index contributed by atoms with van der Waals surface area (Å²) in [5.74, 6) is 0.700. The Morgan fingerprint density at radius 2 is 2.08 bits per heavy atom. The number of aromatic nitrogens is 3. The van der Waals surface area contributed by atoms with E-state index in [4.69, 9.17) is 0 Å². The van der Waals surface area contributed by atoms with Gasteiger partial charge >= 0.3 is 0 Å². The maximum absolute atomic E-state index is 13.0. The van der Waals surface area contributed by atoms with Crippen LogP contribution in [0.1, 0.15) is 31.9 Å². The average Bonchev–Trinajstić information content (AvgIpc) is 3.01. The lowest BCUT2D eigenvalue weighted by atomic mass is 9.73. The van der Waals surface area contributed by atoms with E-state index in [0.29, 0.717) is 17.5 Å². The number of carbonyl (C=O) groups is 1. The average molecular weight is 366 g/mol. The van der Waals surface area contributed by atoms with Gasteiger partial charge in [-0.2, -0.15) is 4.98 Å². The first kappa shape index (κ1) is 17.1. The van der Waals surface area contributed by atoms with Gasteiger partial charge in [-0.25, -0.2) is 4.68 Å². The molecule has 6 heteroatoms. The van der Waals surface area contributed by atoms with Gasteiger partial charge in [-0.1, -0.05) is 74.2 Å². The molecule has 0 amide bonds. The van der Waals surface area contributed by atoms with E-state index in [0.717, 1.165) is 11.3 Å². The molecule has 0 spiro atoms. The largest absolute Gasteiger partial charge is 0.328 e. The van der Waals surface area contributed by atoms with Crippen LogP contribution in [0, 0.1) is 11.3 Å². The van der Waals surface area contributed by atoms with Crippen LogP contribution in [0.3, 0.4) is 0 Å². The summed E-state index contributed by atoms with van der Waals surface area (Å²) in [7, 11) is 0. The van der Waals surface area contributed by atoms with E-state index < -0.39 is 0 Å². The number of carbonyl (C=O) groups excluding carboxylic acids is 1. The number of ketones is 1. The molecule has 2 aliphatic rings. The van der Waals surface area contributed by atoms with Crippen molar-refractivity contribution in [3.05, 3.63) is 53.7 Å². The van der Waals surface area contributed by atoms with Crippen molar-refractivity contribution in [3.63, 3.8) is 0 Å². The van der Waals surface area contributed by atoms with Gasteiger partial charge in [-0.05, 0) is 17.2 Å². The molecule has 0 fully saturated rings. The molecule has 0 unspecified atom stereocenters. The second-order valence-corrected chi connectivity index (χ2v) is 8.23. The van der Waals surface area contributed by atoms with Gasteiger partial charge in [0, 0.05) is 12.1 Å². The van der Waals surface area contributed by atoms with Crippen molar-refractivity contribution in [1.82, 2.24) is 14.8 Å². The topological polar surface area (TPSA) is 59.8 Å². The molecule has 134 valence electrons. The molecule has 0 radical (unpaired) electrons. The molecule has 1 aromatic carbocycles. The molecule has 0 saturated carbocycles. The summed E-state index contributed by atoms with van der Waals surface area (Å²) in [6.45, 7) is 4.19. The Kier molecular flexibility index (Phi) is 4.23. The molecule has 2 heterocycles. The normalized spacial score (nSPS) is 24.0. The Balaban J connectivity index is 1.80. The van der Waals surface area contributed by atoms with Gasteiger partial charge < -0.3 is 5.32 Å². The lowest BCUT2D eigenvalue weighted by Crippen LogP contribution is -2.40. The van der Waals surface area contributed by atoms with Gasteiger partial charge in [0.1, 0.15) is 5.78 Å². The Morgan fingerprint density at radius 3 is 2.81 bits per heavy atom. The SMILES string of the molecule is CSc1nc2n(n1)[C@@H](/C=C/c1ccccc1)[C@@H]1C(=O)CC(C)(C)C=C1N2. The third kappa shape index (κ3) is 3.09. The van der Waals surface area contributed by atoms with Crippen LogP contribution in [0.25, 0.3) is 6.08 Å². The van der Waals surface area contributed by atoms with Crippen LogP contribution in [0.15, 0.2) is 53.3 Å². The first-order valence-corrected chi connectivity index (χ1v) is 9.96. The molecule has 26 heavy (non-hydrogen) atoms. The fraction of sp³-hybridized carbons (Fsp3) is 0.350. The van der Waals surface area contributed by atoms with Crippen molar-refractivity contribution in [2.75, 3.05) is 11.6 Å². The van der Waals surface area contributed by atoms with Crippen molar-refractivity contribution < 1.29 is 4.79 Å². The number of rotatable bonds is 3. The number of nitrogens with one attached hydrogen (secondary N) is 1. The van der Waals surface area contributed by atoms with E-state index >= 15 is 0 Å².